The normalized spacial score (nSPS) is 15.2. The Bertz CT molecular complexity index is 291. The summed E-state index contributed by atoms with van der Waals surface area (Å²) in [5.41, 5.74) is 2.35. The third-order valence-corrected chi connectivity index (χ3v) is 3.12. The van der Waals surface area contributed by atoms with Crippen LogP contribution in [0.2, 0.25) is 0 Å². The Balaban J connectivity index is 2.64. The smallest absolute Gasteiger partial charge is 0.0758 e. The first-order valence-electron chi connectivity index (χ1n) is 5.31. The largest absolute Gasteiger partial charge is 0.380 e. The Morgan fingerprint density at radius 1 is 1.50 bits per heavy atom. The minimum Gasteiger partial charge on any atom is -0.380 e. The second-order valence-corrected chi connectivity index (χ2v) is 4.09. The van der Waals surface area contributed by atoms with Gasteiger partial charge in [0.25, 0.3) is 0 Å². The Morgan fingerprint density at radius 2 is 2.14 bits per heavy atom. The van der Waals surface area contributed by atoms with E-state index < -0.39 is 0 Å². The lowest BCUT2D eigenvalue weighted by atomic mass is 10.0. The van der Waals surface area contributed by atoms with Crippen molar-refractivity contribution in [1.82, 2.24) is 9.78 Å². The molecule has 80 valence electrons. The average Bonchev–Trinajstić information content (AvgIpc) is 2.48. The third kappa shape index (κ3) is 2.28. The van der Waals surface area contributed by atoms with E-state index in [1.165, 1.54) is 12.1 Å². The standard InChI is InChI=1S/C11H21N3/c1-6-8(2)9(3)13-11-7-12-14(5)10(11)4/h7-9,13H,6H2,1-5H3. The predicted octanol–water partition coefficient (Wildman–Crippen LogP) is 2.58. The van der Waals surface area contributed by atoms with Gasteiger partial charge in [-0.2, -0.15) is 5.10 Å². The topological polar surface area (TPSA) is 29.9 Å². The molecule has 0 saturated carbocycles. The summed E-state index contributed by atoms with van der Waals surface area (Å²) in [6.07, 6.45) is 3.10. The molecule has 1 rings (SSSR count). The van der Waals surface area contributed by atoms with E-state index in [4.69, 9.17) is 0 Å². The van der Waals surface area contributed by atoms with Crippen molar-refractivity contribution in [2.24, 2.45) is 13.0 Å². The molecule has 1 N–H and O–H groups in total. The van der Waals surface area contributed by atoms with Crippen molar-refractivity contribution in [3.8, 4) is 0 Å². The van der Waals surface area contributed by atoms with E-state index in [0.29, 0.717) is 12.0 Å². The van der Waals surface area contributed by atoms with Gasteiger partial charge in [-0.15, -0.1) is 0 Å². The van der Waals surface area contributed by atoms with Crippen LogP contribution in [0.1, 0.15) is 32.9 Å². The van der Waals surface area contributed by atoms with Gasteiger partial charge in [-0.3, -0.25) is 4.68 Å². The molecule has 14 heavy (non-hydrogen) atoms. The molecule has 0 saturated heterocycles. The molecule has 0 bridgehead atoms. The molecule has 2 unspecified atom stereocenters. The molecule has 1 heterocycles. The molecule has 0 fully saturated rings. The highest BCUT2D eigenvalue weighted by molar-refractivity contribution is 5.46. The molecule has 0 aliphatic carbocycles. The predicted molar refractivity (Wildman–Crippen MR) is 60.5 cm³/mol. The molecule has 3 nitrogen and oxygen atoms in total. The minimum absolute atomic E-state index is 0.503. The SMILES string of the molecule is CCC(C)C(C)Nc1cnn(C)c1C. The Hall–Kier alpha value is -0.990. The second-order valence-electron chi connectivity index (χ2n) is 4.09. The van der Waals surface area contributed by atoms with Crippen LogP contribution in [0.5, 0.6) is 0 Å². The Kier molecular flexibility index (Phi) is 3.55. The summed E-state index contributed by atoms with van der Waals surface area (Å²) in [5, 5.41) is 7.71. The van der Waals surface area contributed by atoms with Crippen LogP contribution in [-0.2, 0) is 7.05 Å². The summed E-state index contributed by atoms with van der Waals surface area (Å²) >= 11 is 0. The number of nitrogens with one attached hydrogen (secondary N) is 1. The Labute approximate surface area is 86.5 Å². The maximum atomic E-state index is 4.21. The van der Waals surface area contributed by atoms with Crippen LogP contribution in [0.3, 0.4) is 0 Å². The molecular formula is C11H21N3. The van der Waals surface area contributed by atoms with E-state index in [9.17, 15) is 0 Å². The average molecular weight is 195 g/mol. The quantitative estimate of drug-likeness (QED) is 0.800. The van der Waals surface area contributed by atoms with Crippen LogP contribution in [0.25, 0.3) is 0 Å². The molecule has 1 aromatic heterocycles. The van der Waals surface area contributed by atoms with Gasteiger partial charge in [-0.1, -0.05) is 20.3 Å². The number of aryl methyl sites for hydroxylation is 1. The number of rotatable bonds is 4. The molecule has 0 aliphatic heterocycles. The van der Waals surface area contributed by atoms with Gasteiger partial charge in [0.15, 0.2) is 0 Å². The van der Waals surface area contributed by atoms with Gasteiger partial charge in [0.05, 0.1) is 17.6 Å². The third-order valence-electron chi connectivity index (χ3n) is 3.12. The fourth-order valence-electron chi connectivity index (χ4n) is 1.38. The Morgan fingerprint density at radius 3 is 2.57 bits per heavy atom. The number of hydrogen-bond acceptors (Lipinski definition) is 2. The first-order valence-corrected chi connectivity index (χ1v) is 5.31. The van der Waals surface area contributed by atoms with Crippen LogP contribution in [0, 0.1) is 12.8 Å². The fraction of sp³-hybridized carbons (Fsp3) is 0.727. The number of aromatic nitrogens is 2. The highest BCUT2D eigenvalue weighted by Gasteiger charge is 2.12. The summed E-state index contributed by atoms with van der Waals surface area (Å²) in [6, 6.07) is 0.503. The van der Waals surface area contributed by atoms with Crippen LogP contribution < -0.4 is 5.32 Å². The molecule has 3 heteroatoms. The lowest BCUT2D eigenvalue weighted by Crippen LogP contribution is -2.23. The van der Waals surface area contributed by atoms with Crippen molar-refractivity contribution in [2.75, 3.05) is 5.32 Å². The van der Waals surface area contributed by atoms with Crippen molar-refractivity contribution in [2.45, 2.75) is 40.2 Å². The van der Waals surface area contributed by atoms with E-state index in [1.807, 2.05) is 17.9 Å². The molecule has 0 aromatic carbocycles. The summed E-state index contributed by atoms with van der Waals surface area (Å²) in [6.45, 7) is 8.79. The number of anilines is 1. The van der Waals surface area contributed by atoms with Gasteiger partial charge in [-0.05, 0) is 19.8 Å². The van der Waals surface area contributed by atoms with E-state index in [-0.39, 0.29) is 0 Å². The second kappa shape index (κ2) is 4.49. The van der Waals surface area contributed by atoms with Gasteiger partial charge in [-0.25, -0.2) is 0 Å². The van der Waals surface area contributed by atoms with E-state index in [2.05, 4.69) is 38.1 Å². The lowest BCUT2D eigenvalue weighted by Gasteiger charge is -2.20. The zero-order valence-electron chi connectivity index (χ0n) is 9.83. The fourth-order valence-corrected chi connectivity index (χ4v) is 1.38. The van der Waals surface area contributed by atoms with Crippen LogP contribution in [-0.4, -0.2) is 15.8 Å². The highest BCUT2D eigenvalue weighted by Crippen LogP contribution is 2.17. The van der Waals surface area contributed by atoms with Gasteiger partial charge >= 0.3 is 0 Å². The first kappa shape index (κ1) is 11.1. The van der Waals surface area contributed by atoms with Crippen molar-refractivity contribution in [1.29, 1.82) is 0 Å². The van der Waals surface area contributed by atoms with Gasteiger partial charge < -0.3 is 5.32 Å². The van der Waals surface area contributed by atoms with Crippen LogP contribution in [0.4, 0.5) is 5.69 Å². The zero-order valence-corrected chi connectivity index (χ0v) is 9.83. The van der Waals surface area contributed by atoms with Crippen molar-refractivity contribution in [3.63, 3.8) is 0 Å². The van der Waals surface area contributed by atoms with Gasteiger partial charge in [0.1, 0.15) is 0 Å². The van der Waals surface area contributed by atoms with Gasteiger partial charge in [0.2, 0.25) is 0 Å². The monoisotopic (exact) mass is 195 g/mol. The van der Waals surface area contributed by atoms with E-state index in [1.54, 1.807) is 0 Å². The summed E-state index contributed by atoms with van der Waals surface area (Å²) in [4.78, 5) is 0. The lowest BCUT2D eigenvalue weighted by molar-refractivity contribution is 0.494. The number of hydrogen-bond donors (Lipinski definition) is 1. The molecule has 1 aromatic rings. The van der Waals surface area contributed by atoms with Crippen LogP contribution in [0.15, 0.2) is 6.20 Å². The van der Waals surface area contributed by atoms with Crippen LogP contribution >= 0.6 is 0 Å². The molecule has 0 radical (unpaired) electrons. The summed E-state index contributed by atoms with van der Waals surface area (Å²) in [5.74, 6) is 0.689. The molecule has 2 atom stereocenters. The molecular weight excluding hydrogens is 174 g/mol. The maximum absolute atomic E-state index is 4.21. The minimum atomic E-state index is 0.503. The molecule has 0 aliphatic rings. The van der Waals surface area contributed by atoms with Crippen molar-refractivity contribution < 1.29 is 0 Å². The van der Waals surface area contributed by atoms with Crippen molar-refractivity contribution >= 4 is 5.69 Å². The number of nitrogens with zero attached hydrogens (tertiary/aromatic N) is 2. The van der Waals surface area contributed by atoms with E-state index in [0.717, 1.165) is 5.69 Å². The maximum Gasteiger partial charge on any atom is 0.0758 e. The summed E-state index contributed by atoms with van der Waals surface area (Å²) in [7, 11) is 1.97. The van der Waals surface area contributed by atoms with E-state index >= 15 is 0 Å². The van der Waals surface area contributed by atoms with Crippen molar-refractivity contribution in [3.05, 3.63) is 11.9 Å². The molecule has 0 spiro atoms. The summed E-state index contributed by atoms with van der Waals surface area (Å²) < 4.78 is 1.89. The highest BCUT2D eigenvalue weighted by atomic mass is 15.3. The van der Waals surface area contributed by atoms with Gasteiger partial charge in [0, 0.05) is 13.1 Å². The first-order chi connectivity index (χ1) is 6.56. The zero-order chi connectivity index (χ0) is 10.7. The molecule has 0 amide bonds.